The molecule has 0 spiro atoms. The molecule has 0 radical (unpaired) electrons. The van der Waals surface area contributed by atoms with Crippen LogP contribution in [0.15, 0.2) is 45.9 Å². The molecule has 0 unspecified atom stereocenters. The number of thiazole rings is 1. The van der Waals surface area contributed by atoms with E-state index in [1.165, 1.54) is 11.9 Å². The highest BCUT2D eigenvalue weighted by Crippen LogP contribution is 2.33. The van der Waals surface area contributed by atoms with Crippen molar-refractivity contribution in [1.29, 1.82) is 0 Å². The molecule has 1 aromatic carbocycles. The third-order valence-corrected chi connectivity index (χ3v) is 6.95. The van der Waals surface area contributed by atoms with E-state index in [4.69, 9.17) is 11.6 Å². The summed E-state index contributed by atoms with van der Waals surface area (Å²) >= 11 is 11.1. The SMILES string of the molecule is Clc1nc2sccn2c1SNc1cccc2cc(C3=NCCS3)[nH]c12. The van der Waals surface area contributed by atoms with Gasteiger partial charge in [-0.05, 0) is 12.1 Å². The molecule has 0 bridgehead atoms. The molecule has 0 amide bonds. The monoisotopic (exact) mass is 405 g/mol. The fourth-order valence-electron chi connectivity index (χ4n) is 2.79. The molecule has 1 aliphatic heterocycles. The maximum Gasteiger partial charge on any atom is 0.196 e. The van der Waals surface area contributed by atoms with Gasteiger partial charge in [-0.1, -0.05) is 23.7 Å². The molecule has 5 rings (SSSR count). The Morgan fingerprint density at radius 3 is 3.20 bits per heavy atom. The van der Waals surface area contributed by atoms with Crippen LogP contribution in [0.2, 0.25) is 5.15 Å². The Labute approximate surface area is 161 Å². The molecule has 0 fully saturated rings. The number of aliphatic imine (C=N–C) groups is 1. The van der Waals surface area contributed by atoms with Crippen LogP contribution in [-0.2, 0) is 0 Å². The zero-order valence-corrected chi connectivity index (χ0v) is 16.0. The van der Waals surface area contributed by atoms with E-state index in [-0.39, 0.29) is 0 Å². The molecule has 5 nitrogen and oxygen atoms in total. The highest BCUT2D eigenvalue weighted by Gasteiger charge is 2.15. The molecule has 2 N–H and O–H groups in total. The van der Waals surface area contributed by atoms with E-state index in [2.05, 4.69) is 37.9 Å². The number of nitrogens with zero attached hydrogens (tertiary/aromatic N) is 3. The number of benzene rings is 1. The molecule has 0 saturated heterocycles. The molecular formula is C16H12ClN5S3. The van der Waals surface area contributed by atoms with Crippen LogP contribution in [0.4, 0.5) is 5.69 Å². The summed E-state index contributed by atoms with van der Waals surface area (Å²) in [7, 11) is 0. The van der Waals surface area contributed by atoms with Crippen molar-refractivity contribution >= 4 is 73.2 Å². The normalized spacial score (nSPS) is 14.5. The van der Waals surface area contributed by atoms with E-state index >= 15 is 0 Å². The van der Waals surface area contributed by atoms with Crippen LogP contribution in [0.1, 0.15) is 5.69 Å². The Morgan fingerprint density at radius 1 is 1.36 bits per heavy atom. The van der Waals surface area contributed by atoms with E-state index < -0.39 is 0 Å². The second-order valence-electron chi connectivity index (χ2n) is 5.46. The van der Waals surface area contributed by atoms with Crippen LogP contribution in [0.3, 0.4) is 0 Å². The van der Waals surface area contributed by atoms with E-state index in [1.807, 2.05) is 22.0 Å². The largest absolute Gasteiger partial charge is 0.351 e. The summed E-state index contributed by atoms with van der Waals surface area (Å²) in [5.41, 5.74) is 3.17. The van der Waals surface area contributed by atoms with Gasteiger partial charge in [0.25, 0.3) is 0 Å². The van der Waals surface area contributed by atoms with Gasteiger partial charge in [0, 0.05) is 41.2 Å². The van der Waals surface area contributed by atoms with Gasteiger partial charge in [-0.15, -0.1) is 23.1 Å². The fourth-order valence-corrected chi connectivity index (χ4v) is 5.47. The number of anilines is 1. The molecule has 1 aliphatic rings. The Hall–Kier alpha value is -1.61. The summed E-state index contributed by atoms with van der Waals surface area (Å²) in [4.78, 5) is 13.3. The van der Waals surface area contributed by atoms with Crippen LogP contribution in [0.25, 0.3) is 15.9 Å². The number of aromatic nitrogens is 3. The summed E-state index contributed by atoms with van der Waals surface area (Å²) in [5.74, 6) is 1.06. The van der Waals surface area contributed by atoms with Crippen LogP contribution in [0, 0.1) is 0 Å². The number of thioether (sulfide) groups is 1. The standard InChI is InChI=1S/C16H12ClN5S3/c17-13-15(22-5-7-24-16(22)20-13)25-21-10-3-1-2-9-8-11(19-12(9)10)14-18-4-6-23-14/h1-3,5,7-8,19,21H,4,6H2. The topological polar surface area (TPSA) is 57.5 Å². The number of H-pyrrole nitrogens is 1. The maximum atomic E-state index is 6.27. The van der Waals surface area contributed by atoms with Gasteiger partial charge in [0.1, 0.15) is 10.1 Å². The number of nitrogens with one attached hydrogen (secondary N) is 2. The molecule has 126 valence electrons. The summed E-state index contributed by atoms with van der Waals surface area (Å²) in [5, 5.41) is 5.66. The van der Waals surface area contributed by atoms with Crippen molar-refractivity contribution in [3.05, 3.63) is 46.7 Å². The molecule has 3 aromatic heterocycles. The predicted octanol–water partition coefficient (Wildman–Crippen LogP) is 5.14. The minimum absolute atomic E-state index is 0.514. The van der Waals surface area contributed by atoms with Crippen molar-refractivity contribution in [2.24, 2.45) is 4.99 Å². The van der Waals surface area contributed by atoms with Crippen molar-refractivity contribution in [3.8, 4) is 0 Å². The third-order valence-electron chi connectivity index (χ3n) is 3.91. The number of imidazole rings is 1. The lowest BCUT2D eigenvalue weighted by atomic mass is 10.2. The highest BCUT2D eigenvalue weighted by atomic mass is 35.5. The Morgan fingerprint density at radius 2 is 2.32 bits per heavy atom. The van der Waals surface area contributed by atoms with E-state index in [1.54, 1.807) is 23.1 Å². The summed E-state index contributed by atoms with van der Waals surface area (Å²) < 4.78 is 5.41. The molecule has 0 aliphatic carbocycles. The quantitative estimate of drug-likeness (QED) is 0.461. The summed E-state index contributed by atoms with van der Waals surface area (Å²) in [6.07, 6.45) is 1.98. The number of rotatable bonds is 4. The van der Waals surface area contributed by atoms with Gasteiger partial charge in [0.05, 0.1) is 16.9 Å². The molecular weight excluding hydrogens is 394 g/mol. The van der Waals surface area contributed by atoms with E-state index in [0.29, 0.717) is 5.15 Å². The average molecular weight is 406 g/mol. The number of para-hydroxylation sites is 1. The average Bonchev–Trinajstić information content (AvgIpc) is 3.37. The predicted molar refractivity (Wildman–Crippen MR) is 110 cm³/mol. The zero-order valence-electron chi connectivity index (χ0n) is 12.8. The first kappa shape index (κ1) is 15.6. The second-order valence-corrected chi connectivity index (χ2v) is 8.57. The summed E-state index contributed by atoms with van der Waals surface area (Å²) in [6, 6.07) is 8.36. The first-order valence-electron chi connectivity index (χ1n) is 7.63. The first-order valence-corrected chi connectivity index (χ1v) is 10.7. The number of fused-ring (bicyclic) bond motifs is 2. The van der Waals surface area contributed by atoms with Gasteiger partial charge in [-0.25, -0.2) is 4.98 Å². The van der Waals surface area contributed by atoms with Gasteiger partial charge >= 0.3 is 0 Å². The van der Waals surface area contributed by atoms with E-state index in [0.717, 1.165) is 49.6 Å². The van der Waals surface area contributed by atoms with Gasteiger partial charge in [-0.2, -0.15) is 0 Å². The molecule has 25 heavy (non-hydrogen) atoms. The van der Waals surface area contributed by atoms with Gasteiger partial charge < -0.3 is 9.71 Å². The van der Waals surface area contributed by atoms with Gasteiger partial charge in [-0.3, -0.25) is 9.39 Å². The maximum absolute atomic E-state index is 6.27. The fraction of sp³-hybridized carbons (Fsp3) is 0.125. The number of hydrogen-bond donors (Lipinski definition) is 2. The Bertz CT molecular complexity index is 1110. The van der Waals surface area contributed by atoms with Gasteiger partial charge in [0.2, 0.25) is 0 Å². The van der Waals surface area contributed by atoms with Crippen LogP contribution >= 0.6 is 46.6 Å². The molecule has 0 atom stereocenters. The number of halogens is 1. The second kappa shape index (κ2) is 6.28. The highest BCUT2D eigenvalue weighted by molar-refractivity contribution is 8.14. The van der Waals surface area contributed by atoms with Crippen LogP contribution < -0.4 is 4.72 Å². The van der Waals surface area contributed by atoms with Crippen LogP contribution in [0.5, 0.6) is 0 Å². The third kappa shape index (κ3) is 2.73. The van der Waals surface area contributed by atoms with Gasteiger partial charge in [0.15, 0.2) is 10.1 Å². The van der Waals surface area contributed by atoms with Crippen molar-refractivity contribution < 1.29 is 0 Å². The zero-order chi connectivity index (χ0) is 16.8. The molecule has 4 heterocycles. The Kier molecular flexibility index (Phi) is 3.93. The number of hydrogen-bond acceptors (Lipinski definition) is 6. The van der Waals surface area contributed by atoms with Crippen molar-refractivity contribution in [3.63, 3.8) is 0 Å². The lowest BCUT2D eigenvalue weighted by Gasteiger charge is -2.06. The molecule has 0 saturated carbocycles. The van der Waals surface area contributed by atoms with E-state index in [9.17, 15) is 0 Å². The first-order chi connectivity index (χ1) is 12.3. The number of aromatic amines is 1. The lowest BCUT2D eigenvalue weighted by molar-refractivity contribution is 1.07. The minimum atomic E-state index is 0.514. The van der Waals surface area contributed by atoms with Crippen molar-refractivity contribution in [1.82, 2.24) is 14.4 Å². The molecule has 4 aromatic rings. The summed E-state index contributed by atoms with van der Waals surface area (Å²) in [6.45, 7) is 0.896. The van der Waals surface area contributed by atoms with Crippen LogP contribution in [-0.4, -0.2) is 31.7 Å². The minimum Gasteiger partial charge on any atom is -0.351 e. The smallest absolute Gasteiger partial charge is 0.196 e. The lowest BCUT2D eigenvalue weighted by Crippen LogP contribution is -1.93. The Balaban J connectivity index is 1.48. The van der Waals surface area contributed by atoms with Crippen molar-refractivity contribution in [2.75, 3.05) is 17.0 Å². The van der Waals surface area contributed by atoms with Crippen molar-refractivity contribution in [2.45, 2.75) is 5.03 Å². The molecule has 9 heteroatoms.